The number of piperidine rings is 1. The molecule has 2 heterocycles. The maximum absolute atomic E-state index is 12.5. The summed E-state index contributed by atoms with van der Waals surface area (Å²) >= 11 is 0. The van der Waals surface area contributed by atoms with E-state index in [0.29, 0.717) is 26.0 Å². The lowest BCUT2D eigenvalue weighted by Gasteiger charge is -2.46. The first kappa shape index (κ1) is 25.3. The minimum absolute atomic E-state index is 0.0823. The third kappa shape index (κ3) is 5.10. The molecule has 184 valence electrons. The molecule has 5 nitrogen and oxygen atoms in total. The summed E-state index contributed by atoms with van der Waals surface area (Å²) in [5.74, 6) is -0.141. The van der Waals surface area contributed by atoms with Crippen LogP contribution in [0.15, 0.2) is 85.5 Å². The Hall–Kier alpha value is -2.80. The van der Waals surface area contributed by atoms with Gasteiger partial charge in [-0.05, 0) is 27.9 Å². The Kier molecular flexibility index (Phi) is 7.55. The second kappa shape index (κ2) is 10.4. The van der Waals surface area contributed by atoms with Crippen LogP contribution in [-0.4, -0.2) is 56.3 Å². The van der Waals surface area contributed by atoms with Crippen molar-refractivity contribution in [2.24, 2.45) is 0 Å². The summed E-state index contributed by atoms with van der Waals surface area (Å²) in [6.07, 6.45) is 5.92. The number of cyclic esters (lactones) is 1. The van der Waals surface area contributed by atoms with Crippen molar-refractivity contribution >= 4 is 30.4 Å². The Morgan fingerprint density at radius 2 is 1.69 bits per heavy atom. The van der Waals surface area contributed by atoms with E-state index in [4.69, 9.17) is 9.16 Å². The van der Waals surface area contributed by atoms with Crippen LogP contribution in [0.5, 0.6) is 0 Å². The molecule has 0 unspecified atom stereocenters. The molecule has 0 amide bonds. The number of hydrogen-bond donors (Lipinski definition) is 0. The van der Waals surface area contributed by atoms with E-state index in [1.807, 2.05) is 18.2 Å². The van der Waals surface area contributed by atoms with Gasteiger partial charge in [-0.3, -0.25) is 9.69 Å². The summed E-state index contributed by atoms with van der Waals surface area (Å²) in [7, 11) is -2.73. The average Bonchev–Trinajstić information content (AvgIpc) is 3.28. The second-order valence-corrected chi connectivity index (χ2v) is 14.7. The number of esters is 1. The molecule has 0 spiro atoms. The summed E-state index contributed by atoms with van der Waals surface area (Å²) in [6.45, 7) is 11.5. The van der Waals surface area contributed by atoms with Gasteiger partial charge in [-0.1, -0.05) is 87.5 Å². The number of ether oxygens (including phenoxy) is 1. The van der Waals surface area contributed by atoms with Crippen LogP contribution in [0.3, 0.4) is 0 Å². The molecular weight excluding hydrogens is 454 g/mol. The van der Waals surface area contributed by atoms with E-state index >= 15 is 0 Å². The van der Waals surface area contributed by atoms with Gasteiger partial charge in [0.15, 0.2) is 0 Å². The van der Waals surface area contributed by atoms with E-state index in [0.717, 1.165) is 0 Å². The average molecular weight is 490 g/mol. The van der Waals surface area contributed by atoms with E-state index in [9.17, 15) is 9.59 Å². The topological polar surface area (TPSA) is 55.8 Å². The van der Waals surface area contributed by atoms with Gasteiger partial charge in [-0.2, -0.15) is 0 Å². The number of hydrogen-bond acceptors (Lipinski definition) is 5. The fourth-order valence-corrected chi connectivity index (χ4v) is 10.0. The zero-order valence-electron chi connectivity index (χ0n) is 20.9. The number of nitrogens with zero attached hydrogens (tertiary/aromatic N) is 1. The van der Waals surface area contributed by atoms with Crippen LogP contribution in [0.2, 0.25) is 5.04 Å². The second-order valence-electron chi connectivity index (χ2n) is 10.4. The molecule has 0 radical (unpaired) electrons. The summed E-state index contributed by atoms with van der Waals surface area (Å²) in [5, 5.41) is 2.27. The van der Waals surface area contributed by atoms with Gasteiger partial charge in [0.2, 0.25) is 0 Å². The number of carbonyl (C=O) groups excluding carboxylic acids is 2. The molecule has 0 bridgehead atoms. The van der Waals surface area contributed by atoms with Crippen molar-refractivity contribution in [3.63, 3.8) is 0 Å². The predicted molar refractivity (Wildman–Crippen MR) is 141 cm³/mol. The van der Waals surface area contributed by atoms with Gasteiger partial charge < -0.3 is 9.16 Å². The molecule has 3 atom stereocenters. The van der Waals surface area contributed by atoms with Crippen LogP contribution < -0.4 is 10.4 Å². The Bertz CT molecular complexity index is 1040. The van der Waals surface area contributed by atoms with Crippen molar-refractivity contribution in [2.75, 3.05) is 13.2 Å². The molecule has 2 aliphatic heterocycles. The number of ketones is 1. The number of Topliss-reactive ketones (excluding diaryl/α,β-unsaturated/α-hetero) is 1. The normalized spacial score (nSPS) is 22.1. The van der Waals surface area contributed by atoms with Gasteiger partial charge in [-0.15, -0.1) is 6.58 Å². The van der Waals surface area contributed by atoms with Crippen molar-refractivity contribution in [3.05, 3.63) is 85.5 Å². The summed E-state index contributed by atoms with van der Waals surface area (Å²) in [4.78, 5) is 26.4. The summed E-state index contributed by atoms with van der Waals surface area (Å²) in [5.41, 5.74) is 0. The highest BCUT2D eigenvalue weighted by Crippen LogP contribution is 2.37. The molecule has 6 heteroatoms. The molecule has 0 N–H and O–H groups in total. The molecule has 0 saturated carbocycles. The van der Waals surface area contributed by atoms with E-state index in [1.54, 1.807) is 6.08 Å². The first-order chi connectivity index (χ1) is 16.8. The van der Waals surface area contributed by atoms with Crippen molar-refractivity contribution in [3.8, 4) is 0 Å². The third-order valence-electron chi connectivity index (χ3n) is 7.14. The highest BCUT2D eigenvalue weighted by Gasteiger charge is 2.51. The monoisotopic (exact) mass is 489 g/mol. The summed E-state index contributed by atoms with van der Waals surface area (Å²) in [6, 6.07) is 20.7. The van der Waals surface area contributed by atoms with Gasteiger partial charge in [0.1, 0.15) is 11.9 Å². The number of carbonyl (C=O) groups is 2. The molecule has 0 aromatic heterocycles. The van der Waals surface area contributed by atoms with Gasteiger partial charge in [0, 0.05) is 12.5 Å². The van der Waals surface area contributed by atoms with Crippen molar-refractivity contribution in [1.29, 1.82) is 0 Å². The molecule has 4 rings (SSSR count). The first-order valence-corrected chi connectivity index (χ1v) is 14.2. The van der Waals surface area contributed by atoms with E-state index in [-0.39, 0.29) is 35.0 Å². The van der Waals surface area contributed by atoms with Crippen LogP contribution in [-0.2, 0) is 18.8 Å². The number of likely N-dealkylation sites (tertiary alicyclic amines) is 1. The quantitative estimate of drug-likeness (QED) is 0.322. The lowest BCUT2D eigenvalue weighted by Crippen LogP contribution is -2.67. The fourth-order valence-electron chi connectivity index (χ4n) is 5.45. The van der Waals surface area contributed by atoms with Gasteiger partial charge in [-0.25, -0.2) is 4.79 Å². The minimum atomic E-state index is -2.73. The molecule has 2 aromatic rings. The number of rotatable bonds is 8. The molecule has 35 heavy (non-hydrogen) atoms. The highest BCUT2D eigenvalue weighted by atomic mass is 28.4. The molecule has 1 fully saturated rings. The Morgan fingerprint density at radius 1 is 1.09 bits per heavy atom. The Balaban J connectivity index is 1.69. The van der Waals surface area contributed by atoms with Crippen molar-refractivity contribution < 1.29 is 18.8 Å². The largest absolute Gasteiger partial charge is 0.453 e. The van der Waals surface area contributed by atoms with Crippen molar-refractivity contribution in [1.82, 2.24) is 4.90 Å². The fraction of sp³-hybridized carbons (Fsp3) is 0.379. The van der Waals surface area contributed by atoms with Crippen LogP contribution >= 0.6 is 0 Å². The SMILES string of the molecule is C=C[C@H](CO[Si](c1ccccc1)(c1ccccc1)C(C)(C)C)N1CC(=O)CC[C@@H]1[C@H]1C=CC(=O)O1. The zero-order valence-corrected chi connectivity index (χ0v) is 21.9. The third-order valence-corrected chi connectivity index (χ3v) is 12.1. The molecular formula is C29H35NO4Si. The van der Waals surface area contributed by atoms with E-state index in [1.165, 1.54) is 16.4 Å². The zero-order chi connectivity index (χ0) is 25.1. The van der Waals surface area contributed by atoms with Crippen LogP contribution in [0.25, 0.3) is 0 Å². The van der Waals surface area contributed by atoms with Gasteiger partial charge in [0.05, 0.1) is 25.2 Å². The molecule has 2 aliphatic rings. The maximum Gasteiger partial charge on any atom is 0.331 e. The Labute approximate surface area is 209 Å². The highest BCUT2D eigenvalue weighted by molar-refractivity contribution is 6.99. The first-order valence-electron chi connectivity index (χ1n) is 12.3. The molecule has 0 aliphatic carbocycles. The van der Waals surface area contributed by atoms with Gasteiger partial charge in [0.25, 0.3) is 8.32 Å². The lowest BCUT2D eigenvalue weighted by molar-refractivity contribution is -0.143. The van der Waals surface area contributed by atoms with Crippen LogP contribution in [0.1, 0.15) is 33.6 Å². The van der Waals surface area contributed by atoms with E-state index in [2.05, 4.69) is 80.8 Å². The lowest BCUT2D eigenvalue weighted by atomic mass is 9.94. The Morgan fingerprint density at radius 3 is 2.17 bits per heavy atom. The van der Waals surface area contributed by atoms with Crippen molar-refractivity contribution in [2.45, 2.75) is 56.8 Å². The minimum Gasteiger partial charge on any atom is -0.453 e. The predicted octanol–water partition coefficient (Wildman–Crippen LogP) is 3.63. The van der Waals surface area contributed by atoms with E-state index < -0.39 is 8.32 Å². The van der Waals surface area contributed by atoms with Gasteiger partial charge >= 0.3 is 5.97 Å². The van der Waals surface area contributed by atoms with Crippen LogP contribution in [0, 0.1) is 0 Å². The standard InChI is InChI=1S/C29H35NO4Si/c1-5-22(30-20-23(31)16-17-26(30)27-18-19-28(32)34-27)21-33-35(29(2,3)4,24-12-8-6-9-13-24)25-14-10-7-11-15-25/h5-15,18-19,22,26-27H,1,16-17,20-21H2,2-4H3/t22-,26-,27-/m1/s1. The number of benzene rings is 2. The van der Waals surface area contributed by atoms with Crippen LogP contribution in [0.4, 0.5) is 0 Å². The smallest absolute Gasteiger partial charge is 0.331 e. The maximum atomic E-state index is 12.5. The summed E-state index contributed by atoms with van der Waals surface area (Å²) < 4.78 is 12.7. The molecule has 2 aromatic carbocycles. The molecule has 1 saturated heterocycles.